The van der Waals surface area contributed by atoms with Crippen LogP contribution in [0.5, 0.6) is 11.5 Å². The Bertz CT molecular complexity index is 539. The number of carbonyl (C=O) groups is 1. The van der Waals surface area contributed by atoms with Gasteiger partial charge >= 0.3 is 0 Å². The zero-order valence-electron chi connectivity index (χ0n) is 11.7. The highest BCUT2D eigenvalue weighted by Gasteiger charge is 2.35. The fourth-order valence-electron chi connectivity index (χ4n) is 2.47. The molecular formula is C15H17IO4. The third kappa shape index (κ3) is 2.83. The number of rotatable bonds is 3. The van der Waals surface area contributed by atoms with Crippen LogP contribution in [-0.4, -0.2) is 26.6 Å². The fraction of sp³-hybridized carbons (Fsp3) is 0.400. The van der Waals surface area contributed by atoms with Gasteiger partial charge in [0, 0.05) is 12.7 Å². The first kappa shape index (κ1) is 15.3. The molecule has 108 valence electrons. The Morgan fingerprint density at radius 1 is 1.45 bits per heavy atom. The quantitative estimate of drug-likeness (QED) is 0.746. The van der Waals surface area contributed by atoms with Gasteiger partial charge in [0.1, 0.15) is 23.9 Å². The lowest BCUT2D eigenvalue weighted by Crippen LogP contribution is -2.24. The molecule has 0 saturated carbocycles. The number of methoxy groups -OCH3 is 2. The van der Waals surface area contributed by atoms with Crippen molar-refractivity contribution < 1.29 is 19.0 Å². The highest BCUT2D eigenvalue weighted by Crippen LogP contribution is 2.41. The summed E-state index contributed by atoms with van der Waals surface area (Å²) in [4.78, 5) is 12.0. The van der Waals surface area contributed by atoms with Crippen LogP contribution in [0.3, 0.4) is 0 Å². The number of fused-ring (bicyclic) bond motifs is 1. The Morgan fingerprint density at radius 3 is 2.75 bits per heavy atom. The molecule has 0 radical (unpaired) electrons. The second-order valence-electron chi connectivity index (χ2n) is 4.62. The topological polar surface area (TPSA) is 44.8 Å². The fourth-order valence-corrected chi connectivity index (χ4v) is 3.04. The van der Waals surface area contributed by atoms with Crippen molar-refractivity contribution in [3.63, 3.8) is 0 Å². The molecule has 0 spiro atoms. The van der Waals surface area contributed by atoms with Crippen molar-refractivity contribution in [3.05, 3.63) is 33.4 Å². The SMILES string of the molecule is COc1ccc2c(c1)C(OC)C(C(C)=O)/C(=C/I)CO2. The molecule has 5 heteroatoms. The van der Waals surface area contributed by atoms with Crippen LogP contribution in [0.2, 0.25) is 0 Å². The first-order valence-electron chi connectivity index (χ1n) is 6.25. The Balaban J connectivity index is 2.56. The maximum absolute atomic E-state index is 12.0. The number of ketones is 1. The van der Waals surface area contributed by atoms with Gasteiger partial charge in [-0.05, 0) is 34.8 Å². The number of benzene rings is 1. The molecular weight excluding hydrogens is 371 g/mol. The van der Waals surface area contributed by atoms with Crippen LogP contribution in [0, 0.1) is 5.92 Å². The van der Waals surface area contributed by atoms with Gasteiger partial charge in [0.2, 0.25) is 0 Å². The molecule has 0 saturated heterocycles. The van der Waals surface area contributed by atoms with E-state index in [1.807, 2.05) is 22.3 Å². The molecule has 2 unspecified atom stereocenters. The molecule has 4 nitrogen and oxygen atoms in total. The van der Waals surface area contributed by atoms with Crippen molar-refractivity contribution >= 4 is 28.4 Å². The summed E-state index contributed by atoms with van der Waals surface area (Å²) in [6, 6.07) is 5.57. The molecule has 1 aromatic rings. The number of hydrogen-bond donors (Lipinski definition) is 0. The van der Waals surface area contributed by atoms with E-state index in [9.17, 15) is 4.79 Å². The smallest absolute Gasteiger partial charge is 0.140 e. The molecule has 0 aliphatic carbocycles. The Kier molecular flexibility index (Phi) is 5.04. The van der Waals surface area contributed by atoms with E-state index < -0.39 is 0 Å². The van der Waals surface area contributed by atoms with Gasteiger partial charge in [0.25, 0.3) is 0 Å². The van der Waals surface area contributed by atoms with Gasteiger partial charge in [0.05, 0.1) is 19.1 Å². The summed E-state index contributed by atoms with van der Waals surface area (Å²) in [6.07, 6.45) is -0.360. The van der Waals surface area contributed by atoms with E-state index in [0.717, 1.165) is 22.6 Å². The largest absolute Gasteiger partial charge is 0.497 e. The summed E-state index contributed by atoms with van der Waals surface area (Å²) in [5.74, 6) is 1.19. The lowest BCUT2D eigenvalue weighted by Gasteiger charge is -2.23. The molecule has 0 bridgehead atoms. The monoisotopic (exact) mass is 388 g/mol. The zero-order valence-corrected chi connectivity index (χ0v) is 13.8. The van der Waals surface area contributed by atoms with Gasteiger partial charge in [-0.3, -0.25) is 4.79 Å². The van der Waals surface area contributed by atoms with E-state index in [4.69, 9.17) is 14.2 Å². The first-order valence-corrected chi connectivity index (χ1v) is 7.50. The third-order valence-electron chi connectivity index (χ3n) is 3.45. The van der Waals surface area contributed by atoms with Crippen molar-refractivity contribution in [2.75, 3.05) is 20.8 Å². The van der Waals surface area contributed by atoms with Gasteiger partial charge in [-0.15, -0.1) is 0 Å². The average Bonchev–Trinajstić information content (AvgIpc) is 2.62. The van der Waals surface area contributed by atoms with Crippen LogP contribution in [0.25, 0.3) is 0 Å². The standard InChI is InChI=1S/C15H17IO4/c1-9(17)14-10(7-16)8-20-13-5-4-11(18-2)6-12(13)15(14)19-3/h4-7,14-15H,8H2,1-3H3/b10-7+. The van der Waals surface area contributed by atoms with Crippen LogP contribution in [0.1, 0.15) is 18.6 Å². The van der Waals surface area contributed by atoms with Crippen molar-refractivity contribution in [1.29, 1.82) is 0 Å². The Morgan fingerprint density at radius 2 is 2.20 bits per heavy atom. The summed E-state index contributed by atoms with van der Waals surface area (Å²) >= 11 is 2.14. The molecule has 1 aliphatic heterocycles. The van der Waals surface area contributed by atoms with Crippen LogP contribution >= 0.6 is 22.6 Å². The van der Waals surface area contributed by atoms with Gasteiger partial charge in [-0.1, -0.05) is 22.6 Å². The van der Waals surface area contributed by atoms with E-state index in [-0.39, 0.29) is 17.8 Å². The minimum absolute atomic E-state index is 0.0686. The minimum Gasteiger partial charge on any atom is -0.497 e. The van der Waals surface area contributed by atoms with Crippen molar-refractivity contribution in [2.45, 2.75) is 13.0 Å². The van der Waals surface area contributed by atoms with Gasteiger partial charge in [0.15, 0.2) is 0 Å². The number of halogens is 1. The van der Waals surface area contributed by atoms with E-state index in [0.29, 0.717) is 6.61 Å². The number of Topliss-reactive ketones (excluding diaryl/α,β-unsaturated/α-hetero) is 1. The Hall–Kier alpha value is -1.08. The van der Waals surface area contributed by atoms with Crippen LogP contribution in [-0.2, 0) is 9.53 Å². The summed E-state index contributed by atoms with van der Waals surface area (Å²) < 4.78 is 18.6. The summed E-state index contributed by atoms with van der Waals surface area (Å²) in [7, 11) is 3.22. The van der Waals surface area contributed by atoms with Gasteiger partial charge in [-0.25, -0.2) is 0 Å². The highest BCUT2D eigenvalue weighted by molar-refractivity contribution is 14.1. The van der Waals surface area contributed by atoms with Crippen LogP contribution in [0.4, 0.5) is 0 Å². The maximum atomic E-state index is 12.0. The molecule has 0 fully saturated rings. The lowest BCUT2D eigenvalue weighted by atomic mass is 9.87. The number of carbonyl (C=O) groups excluding carboxylic acids is 1. The highest BCUT2D eigenvalue weighted by atomic mass is 127. The van der Waals surface area contributed by atoms with E-state index in [1.54, 1.807) is 21.1 Å². The molecule has 1 aromatic carbocycles. The molecule has 1 aliphatic rings. The van der Waals surface area contributed by atoms with E-state index in [2.05, 4.69) is 22.6 Å². The number of hydrogen-bond acceptors (Lipinski definition) is 4. The van der Waals surface area contributed by atoms with Gasteiger partial charge < -0.3 is 14.2 Å². The first-order chi connectivity index (χ1) is 9.62. The average molecular weight is 388 g/mol. The van der Waals surface area contributed by atoms with Gasteiger partial charge in [-0.2, -0.15) is 0 Å². The maximum Gasteiger partial charge on any atom is 0.140 e. The summed E-state index contributed by atoms with van der Waals surface area (Å²) in [5, 5.41) is 0. The molecule has 0 aromatic heterocycles. The molecule has 2 atom stereocenters. The molecule has 0 amide bonds. The second-order valence-corrected chi connectivity index (χ2v) is 5.24. The van der Waals surface area contributed by atoms with Crippen molar-refractivity contribution in [3.8, 4) is 11.5 Å². The Labute approximate surface area is 132 Å². The number of ether oxygens (including phenoxy) is 3. The normalized spacial score (nSPS) is 23.7. The summed E-state index contributed by atoms with van der Waals surface area (Å²) in [6.45, 7) is 1.98. The van der Waals surface area contributed by atoms with Crippen molar-refractivity contribution in [1.82, 2.24) is 0 Å². The van der Waals surface area contributed by atoms with Crippen LogP contribution in [0.15, 0.2) is 27.9 Å². The summed E-state index contributed by atoms with van der Waals surface area (Å²) in [5.41, 5.74) is 1.78. The van der Waals surface area contributed by atoms with Crippen molar-refractivity contribution in [2.24, 2.45) is 5.92 Å². The molecule has 0 N–H and O–H groups in total. The predicted molar refractivity (Wildman–Crippen MR) is 84.5 cm³/mol. The molecule has 2 rings (SSSR count). The lowest BCUT2D eigenvalue weighted by molar-refractivity contribution is -0.123. The third-order valence-corrected chi connectivity index (χ3v) is 4.25. The zero-order chi connectivity index (χ0) is 14.7. The predicted octanol–water partition coefficient (Wildman–Crippen LogP) is 3.30. The van der Waals surface area contributed by atoms with Crippen LogP contribution < -0.4 is 9.47 Å². The van der Waals surface area contributed by atoms with E-state index in [1.165, 1.54) is 0 Å². The van der Waals surface area contributed by atoms with E-state index >= 15 is 0 Å². The second kappa shape index (κ2) is 6.58. The minimum atomic E-state index is -0.360. The molecule has 1 heterocycles. The molecule has 20 heavy (non-hydrogen) atoms.